The van der Waals surface area contributed by atoms with E-state index in [1.54, 1.807) is 0 Å². The first-order chi connectivity index (χ1) is 8.98. The minimum absolute atomic E-state index is 0.157. The Bertz CT molecular complexity index is 431. The molecule has 1 unspecified atom stereocenters. The highest BCUT2D eigenvalue weighted by Crippen LogP contribution is 2.35. The minimum Gasteiger partial charge on any atom is -0.311 e. The van der Waals surface area contributed by atoms with Crippen LogP contribution >= 0.6 is 0 Å². The van der Waals surface area contributed by atoms with Gasteiger partial charge in [0.15, 0.2) is 0 Å². The summed E-state index contributed by atoms with van der Waals surface area (Å²) in [5.41, 5.74) is 4.41. The van der Waals surface area contributed by atoms with Gasteiger partial charge in [-0.2, -0.15) is 0 Å². The lowest BCUT2D eigenvalue weighted by Crippen LogP contribution is -2.51. The molecule has 1 aliphatic heterocycles. The van der Waals surface area contributed by atoms with E-state index >= 15 is 0 Å². The second-order valence-corrected chi connectivity index (χ2v) is 6.36. The van der Waals surface area contributed by atoms with Crippen LogP contribution in [0, 0.1) is 13.8 Å². The molecule has 1 N–H and O–H groups in total. The van der Waals surface area contributed by atoms with Crippen molar-refractivity contribution in [3.63, 3.8) is 0 Å². The summed E-state index contributed by atoms with van der Waals surface area (Å²) in [4.78, 5) is 2.63. The first kappa shape index (κ1) is 14.5. The number of likely N-dealkylation sites (tertiary alicyclic amines) is 1. The third-order valence-corrected chi connectivity index (χ3v) is 4.87. The van der Waals surface area contributed by atoms with Gasteiger partial charge in [-0.3, -0.25) is 4.90 Å². The van der Waals surface area contributed by atoms with E-state index in [9.17, 15) is 0 Å². The fraction of sp³-hybridized carbons (Fsp3) is 0.647. The highest BCUT2D eigenvalue weighted by atomic mass is 15.2. The number of hydrogen-bond acceptors (Lipinski definition) is 2. The quantitative estimate of drug-likeness (QED) is 0.892. The third-order valence-electron chi connectivity index (χ3n) is 4.87. The maximum absolute atomic E-state index is 3.56. The molecule has 0 saturated carbocycles. The number of aryl methyl sites for hydroxylation is 1. The van der Waals surface area contributed by atoms with Crippen LogP contribution in [-0.2, 0) is 0 Å². The average molecular weight is 260 g/mol. The average Bonchev–Trinajstić information content (AvgIpc) is 2.89. The summed E-state index contributed by atoms with van der Waals surface area (Å²) < 4.78 is 0. The lowest BCUT2D eigenvalue weighted by molar-refractivity contribution is 0.110. The normalized spacial score (nSPS) is 18.8. The molecule has 1 heterocycles. The Labute approximate surface area is 118 Å². The fourth-order valence-electron chi connectivity index (χ4n) is 3.45. The van der Waals surface area contributed by atoms with Crippen LogP contribution < -0.4 is 5.32 Å². The molecule has 0 bridgehead atoms. The number of rotatable bonds is 4. The number of hydrogen-bond donors (Lipinski definition) is 1. The molecule has 0 radical (unpaired) electrons. The van der Waals surface area contributed by atoms with Gasteiger partial charge in [0.05, 0.1) is 6.04 Å². The molecule has 1 aliphatic rings. The highest BCUT2D eigenvalue weighted by Gasteiger charge is 2.37. The summed E-state index contributed by atoms with van der Waals surface area (Å²) in [5, 5.41) is 3.56. The van der Waals surface area contributed by atoms with E-state index in [4.69, 9.17) is 0 Å². The number of likely N-dealkylation sites (N-methyl/N-ethyl adjacent to an activating group) is 1. The van der Waals surface area contributed by atoms with E-state index in [0.717, 1.165) is 0 Å². The van der Waals surface area contributed by atoms with Crippen molar-refractivity contribution in [3.8, 4) is 0 Å². The SMILES string of the molecule is CNC(c1cccc(C)c1C)C(C)(C)N1CCCC1. The standard InChI is InChI=1S/C17H28N2/c1-13-9-8-10-15(14(13)2)16(18-5)17(3,4)19-11-6-7-12-19/h8-10,16,18H,6-7,11-12H2,1-5H3. The van der Waals surface area contributed by atoms with Gasteiger partial charge in [-0.25, -0.2) is 0 Å². The third kappa shape index (κ3) is 2.70. The van der Waals surface area contributed by atoms with Crippen LogP contribution in [-0.4, -0.2) is 30.6 Å². The Morgan fingerprint density at radius 2 is 1.79 bits per heavy atom. The molecule has 19 heavy (non-hydrogen) atoms. The van der Waals surface area contributed by atoms with Gasteiger partial charge in [-0.1, -0.05) is 18.2 Å². The van der Waals surface area contributed by atoms with Gasteiger partial charge in [0.2, 0.25) is 0 Å². The van der Waals surface area contributed by atoms with Gasteiger partial charge in [-0.15, -0.1) is 0 Å². The molecule has 2 heteroatoms. The van der Waals surface area contributed by atoms with Crippen LogP contribution in [0.5, 0.6) is 0 Å². The van der Waals surface area contributed by atoms with Crippen molar-refractivity contribution >= 4 is 0 Å². The van der Waals surface area contributed by atoms with Crippen LogP contribution in [0.15, 0.2) is 18.2 Å². The molecule has 0 aliphatic carbocycles. The molecule has 0 amide bonds. The van der Waals surface area contributed by atoms with Gasteiger partial charge in [-0.05, 0) is 77.4 Å². The predicted molar refractivity (Wildman–Crippen MR) is 82.6 cm³/mol. The second kappa shape index (κ2) is 5.64. The van der Waals surface area contributed by atoms with Crippen LogP contribution in [0.25, 0.3) is 0 Å². The predicted octanol–water partition coefficient (Wildman–Crippen LogP) is 3.44. The van der Waals surface area contributed by atoms with Gasteiger partial charge in [0, 0.05) is 5.54 Å². The number of nitrogens with one attached hydrogen (secondary N) is 1. The second-order valence-electron chi connectivity index (χ2n) is 6.36. The van der Waals surface area contributed by atoms with Crippen molar-refractivity contribution < 1.29 is 0 Å². The van der Waals surface area contributed by atoms with Gasteiger partial charge < -0.3 is 5.32 Å². The van der Waals surface area contributed by atoms with E-state index in [0.29, 0.717) is 6.04 Å². The molecule has 1 aromatic rings. The molecule has 0 aromatic heterocycles. The lowest BCUT2D eigenvalue weighted by Gasteiger charge is -2.43. The van der Waals surface area contributed by atoms with Crippen molar-refractivity contribution in [2.75, 3.05) is 20.1 Å². The fourth-order valence-corrected chi connectivity index (χ4v) is 3.45. The Morgan fingerprint density at radius 3 is 2.37 bits per heavy atom. The summed E-state index contributed by atoms with van der Waals surface area (Å²) >= 11 is 0. The van der Waals surface area contributed by atoms with E-state index < -0.39 is 0 Å². The zero-order chi connectivity index (χ0) is 14.0. The number of benzene rings is 1. The smallest absolute Gasteiger partial charge is 0.0502 e. The monoisotopic (exact) mass is 260 g/mol. The van der Waals surface area contributed by atoms with Crippen molar-refractivity contribution in [1.29, 1.82) is 0 Å². The molecule has 0 spiro atoms. The lowest BCUT2D eigenvalue weighted by atomic mass is 9.84. The van der Waals surface area contributed by atoms with E-state index in [1.807, 2.05) is 0 Å². The van der Waals surface area contributed by atoms with Gasteiger partial charge in [0.1, 0.15) is 0 Å². The largest absolute Gasteiger partial charge is 0.311 e. The summed E-state index contributed by atoms with van der Waals surface area (Å²) in [6.07, 6.45) is 2.68. The van der Waals surface area contributed by atoms with Crippen molar-refractivity contribution in [2.45, 2.75) is 52.1 Å². The zero-order valence-corrected chi connectivity index (χ0v) is 13.1. The molecule has 1 atom stereocenters. The first-order valence-electron chi connectivity index (χ1n) is 7.47. The Hall–Kier alpha value is -0.860. The summed E-state index contributed by atoms with van der Waals surface area (Å²) in [7, 11) is 2.09. The molecular formula is C17H28N2. The van der Waals surface area contributed by atoms with Crippen LogP contribution in [0.3, 0.4) is 0 Å². The zero-order valence-electron chi connectivity index (χ0n) is 13.1. The summed E-state index contributed by atoms with van der Waals surface area (Å²) in [6.45, 7) is 11.7. The molecule has 1 fully saturated rings. The van der Waals surface area contributed by atoms with Crippen molar-refractivity contribution in [1.82, 2.24) is 10.2 Å². The Balaban J connectivity index is 2.35. The summed E-state index contributed by atoms with van der Waals surface area (Å²) in [6, 6.07) is 7.04. The van der Waals surface area contributed by atoms with E-state index in [2.05, 4.69) is 63.2 Å². The molecular weight excluding hydrogens is 232 g/mol. The highest BCUT2D eigenvalue weighted by molar-refractivity contribution is 5.37. The Kier molecular flexibility index (Phi) is 4.32. The number of nitrogens with zero attached hydrogens (tertiary/aromatic N) is 1. The Morgan fingerprint density at radius 1 is 1.16 bits per heavy atom. The summed E-state index contributed by atoms with van der Waals surface area (Å²) in [5.74, 6) is 0. The topological polar surface area (TPSA) is 15.3 Å². The van der Waals surface area contributed by atoms with E-state index in [1.165, 1.54) is 42.6 Å². The van der Waals surface area contributed by atoms with Crippen LogP contribution in [0.1, 0.15) is 49.4 Å². The van der Waals surface area contributed by atoms with Crippen molar-refractivity contribution in [3.05, 3.63) is 34.9 Å². The van der Waals surface area contributed by atoms with E-state index in [-0.39, 0.29) is 5.54 Å². The molecule has 1 saturated heterocycles. The molecule has 2 nitrogen and oxygen atoms in total. The molecule has 106 valence electrons. The van der Waals surface area contributed by atoms with Gasteiger partial charge >= 0.3 is 0 Å². The molecule has 1 aromatic carbocycles. The van der Waals surface area contributed by atoms with Crippen LogP contribution in [0.2, 0.25) is 0 Å². The van der Waals surface area contributed by atoms with Crippen LogP contribution in [0.4, 0.5) is 0 Å². The maximum atomic E-state index is 3.56. The van der Waals surface area contributed by atoms with Gasteiger partial charge in [0.25, 0.3) is 0 Å². The minimum atomic E-state index is 0.157. The maximum Gasteiger partial charge on any atom is 0.0502 e. The first-order valence-corrected chi connectivity index (χ1v) is 7.47. The molecule has 2 rings (SSSR count). The van der Waals surface area contributed by atoms with Crippen molar-refractivity contribution in [2.24, 2.45) is 0 Å².